The number of piperidine rings is 1. The third-order valence-electron chi connectivity index (χ3n) is 3.66. The summed E-state index contributed by atoms with van der Waals surface area (Å²) in [6.45, 7) is 3.26. The zero-order valence-electron chi connectivity index (χ0n) is 11.1. The third-order valence-corrected chi connectivity index (χ3v) is 4.66. The van der Waals surface area contributed by atoms with E-state index in [4.69, 9.17) is 5.73 Å². The van der Waals surface area contributed by atoms with Crippen LogP contribution in [-0.2, 0) is 5.75 Å². The van der Waals surface area contributed by atoms with Crippen LogP contribution in [-0.4, -0.2) is 36.3 Å². The van der Waals surface area contributed by atoms with Crippen molar-refractivity contribution in [2.45, 2.75) is 31.1 Å². The summed E-state index contributed by atoms with van der Waals surface area (Å²) in [6.07, 6.45) is 4.00. The molecule has 3 heteroatoms. The molecule has 1 aliphatic heterocycles. The predicted molar refractivity (Wildman–Crippen MR) is 80.9 cm³/mol. The maximum absolute atomic E-state index is 5.84. The standard InChI is InChI=1S/C15H24N2S/c16-12-15-8-4-5-9-17(15)10-11-18-13-14-6-2-1-3-7-14/h1-3,6-7,15H,4-5,8-13,16H2. The Bertz CT molecular complexity index is 329. The van der Waals surface area contributed by atoms with Crippen LogP contribution in [0.1, 0.15) is 24.8 Å². The van der Waals surface area contributed by atoms with E-state index in [0.717, 1.165) is 12.3 Å². The van der Waals surface area contributed by atoms with E-state index < -0.39 is 0 Å². The van der Waals surface area contributed by atoms with E-state index in [1.165, 1.54) is 43.7 Å². The summed E-state index contributed by atoms with van der Waals surface area (Å²) in [4.78, 5) is 2.58. The van der Waals surface area contributed by atoms with Gasteiger partial charge in [0.2, 0.25) is 0 Å². The monoisotopic (exact) mass is 264 g/mol. The second kappa shape index (κ2) is 7.82. The lowest BCUT2D eigenvalue weighted by Crippen LogP contribution is -2.44. The van der Waals surface area contributed by atoms with Gasteiger partial charge in [0.05, 0.1) is 0 Å². The number of thioether (sulfide) groups is 1. The van der Waals surface area contributed by atoms with Crippen LogP contribution < -0.4 is 5.73 Å². The topological polar surface area (TPSA) is 29.3 Å². The SMILES string of the molecule is NCC1CCCCN1CCSCc1ccccc1. The Morgan fingerprint density at radius 2 is 2.06 bits per heavy atom. The van der Waals surface area contributed by atoms with Crippen molar-refractivity contribution in [3.8, 4) is 0 Å². The molecule has 100 valence electrons. The second-order valence-electron chi connectivity index (χ2n) is 4.96. The van der Waals surface area contributed by atoms with Crippen molar-refractivity contribution < 1.29 is 0 Å². The minimum absolute atomic E-state index is 0.635. The van der Waals surface area contributed by atoms with Crippen molar-refractivity contribution in [1.29, 1.82) is 0 Å². The molecule has 2 rings (SSSR count). The molecular formula is C15H24N2S. The Kier molecular flexibility index (Phi) is 6.05. The average molecular weight is 264 g/mol. The van der Waals surface area contributed by atoms with Gasteiger partial charge in [-0.1, -0.05) is 36.8 Å². The lowest BCUT2D eigenvalue weighted by Gasteiger charge is -2.34. The smallest absolute Gasteiger partial charge is 0.0218 e. The molecule has 2 N–H and O–H groups in total. The summed E-state index contributed by atoms with van der Waals surface area (Å²) < 4.78 is 0. The minimum Gasteiger partial charge on any atom is -0.329 e. The molecule has 1 fully saturated rings. The average Bonchev–Trinajstić information content (AvgIpc) is 2.45. The number of hydrogen-bond donors (Lipinski definition) is 1. The van der Waals surface area contributed by atoms with Crippen LogP contribution in [0.3, 0.4) is 0 Å². The predicted octanol–water partition coefficient (Wildman–Crippen LogP) is 2.73. The summed E-state index contributed by atoms with van der Waals surface area (Å²) in [5.74, 6) is 2.34. The molecule has 1 atom stereocenters. The van der Waals surface area contributed by atoms with Gasteiger partial charge in [0.25, 0.3) is 0 Å². The lowest BCUT2D eigenvalue weighted by molar-refractivity contribution is 0.163. The largest absolute Gasteiger partial charge is 0.329 e. The molecule has 0 aromatic heterocycles. The van der Waals surface area contributed by atoms with Crippen molar-refractivity contribution in [3.63, 3.8) is 0 Å². The highest BCUT2D eigenvalue weighted by Gasteiger charge is 2.19. The van der Waals surface area contributed by atoms with Crippen LogP contribution in [0.15, 0.2) is 30.3 Å². The van der Waals surface area contributed by atoms with Crippen LogP contribution in [0.4, 0.5) is 0 Å². The molecule has 0 radical (unpaired) electrons. The van der Waals surface area contributed by atoms with E-state index in [1.54, 1.807) is 0 Å². The highest BCUT2D eigenvalue weighted by molar-refractivity contribution is 7.98. The fourth-order valence-corrected chi connectivity index (χ4v) is 3.50. The molecular weight excluding hydrogens is 240 g/mol. The highest BCUT2D eigenvalue weighted by atomic mass is 32.2. The molecule has 0 saturated carbocycles. The highest BCUT2D eigenvalue weighted by Crippen LogP contribution is 2.18. The summed E-state index contributed by atoms with van der Waals surface area (Å²) in [6, 6.07) is 11.4. The number of rotatable bonds is 6. The third kappa shape index (κ3) is 4.30. The van der Waals surface area contributed by atoms with Crippen molar-refractivity contribution in [3.05, 3.63) is 35.9 Å². The van der Waals surface area contributed by atoms with Crippen molar-refractivity contribution in [1.82, 2.24) is 4.90 Å². The van der Waals surface area contributed by atoms with Gasteiger partial charge in [-0.15, -0.1) is 0 Å². The lowest BCUT2D eigenvalue weighted by atomic mass is 10.0. The fourth-order valence-electron chi connectivity index (χ4n) is 2.57. The number of benzene rings is 1. The van der Waals surface area contributed by atoms with Crippen molar-refractivity contribution in [2.24, 2.45) is 5.73 Å². The quantitative estimate of drug-likeness (QED) is 0.801. The Hall–Kier alpha value is -0.510. The van der Waals surface area contributed by atoms with E-state index >= 15 is 0 Å². The van der Waals surface area contributed by atoms with Crippen LogP contribution in [0.5, 0.6) is 0 Å². The molecule has 0 aliphatic carbocycles. The molecule has 1 saturated heterocycles. The van der Waals surface area contributed by atoms with Gasteiger partial charge in [0, 0.05) is 30.6 Å². The normalized spacial score (nSPS) is 21.1. The zero-order chi connectivity index (χ0) is 12.6. The van der Waals surface area contributed by atoms with E-state index in [2.05, 4.69) is 35.2 Å². The van der Waals surface area contributed by atoms with Crippen molar-refractivity contribution in [2.75, 3.05) is 25.4 Å². The first-order chi connectivity index (χ1) is 8.90. The van der Waals surface area contributed by atoms with Gasteiger partial charge in [-0.2, -0.15) is 11.8 Å². The maximum Gasteiger partial charge on any atom is 0.0218 e. The Morgan fingerprint density at radius 1 is 1.22 bits per heavy atom. The molecule has 1 heterocycles. The van der Waals surface area contributed by atoms with Gasteiger partial charge in [-0.25, -0.2) is 0 Å². The second-order valence-corrected chi connectivity index (χ2v) is 6.06. The van der Waals surface area contributed by atoms with Crippen LogP contribution in [0.2, 0.25) is 0 Å². The summed E-state index contributed by atoms with van der Waals surface area (Å²) >= 11 is 2.03. The summed E-state index contributed by atoms with van der Waals surface area (Å²) in [7, 11) is 0. The minimum atomic E-state index is 0.635. The maximum atomic E-state index is 5.84. The first-order valence-electron chi connectivity index (χ1n) is 6.96. The Morgan fingerprint density at radius 3 is 2.83 bits per heavy atom. The van der Waals surface area contributed by atoms with Gasteiger partial charge < -0.3 is 5.73 Å². The van der Waals surface area contributed by atoms with Gasteiger partial charge >= 0.3 is 0 Å². The van der Waals surface area contributed by atoms with Crippen LogP contribution >= 0.6 is 11.8 Å². The molecule has 1 aromatic rings. The van der Waals surface area contributed by atoms with Gasteiger partial charge in [-0.05, 0) is 24.9 Å². The number of likely N-dealkylation sites (tertiary alicyclic amines) is 1. The Labute approximate surface area is 115 Å². The van der Waals surface area contributed by atoms with Crippen LogP contribution in [0, 0.1) is 0 Å². The first-order valence-corrected chi connectivity index (χ1v) is 8.11. The molecule has 18 heavy (non-hydrogen) atoms. The van der Waals surface area contributed by atoms with Gasteiger partial charge in [-0.3, -0.25) is 4.90 Å². The molecule has 1 aromatic carbocycles. The summed E-state index contributed by atoms with van der Waals surface area (Å²) in [5, 5.41) is 0. The van der Waals surface area contributed by atoms with E-state index in [-0.39, 0.29) is 0 Å². The molecule has 0 spiro atoms. The zero-order valence-corrected chi connectivity index (χ0v) is 11.9. The van der Waals surface area contributed by atoms with Crippen LogP contribution in [0.25, 0.3) is 0 Å². The Balaban J connectivity index is 1.65. The van der Waals surface area contributed by atoms with E-state index in [0.29, 0.717) is 6.04 Å². The molecule has 2 nitrogen and oxygen atoms in total. The molecule has 1 aliphatic rings. The summed E-state index contributed by atoms with van der Waals surface area (Å²) in [5.41, 5.74) is 7.27. The molecule has 0 bridgehead atoms. The number of hydrogen-bond acceptors (Lipinski definition) is 3. The van der Waals surface area contributed by atoms with Gasteiger partial charge in [0.1, 0.15) is 0 Å². The molecule has 1 unspecified atom stereocenters. The first kappa shape index (κ1) is 13.9. The van der Waals surface area contributed by atoms with Gasteiger partial charge in [0.15, 0.2) is 0 Å². The van der Waals surface area contributed by atoms with Crippen molar-refractivity contribution >= 4 is 11.8 Å². The fraction of sp³-hybridized carbons (Fsp3) is 0.600. The van der Waals surface area contributed by atoms with E-state index in [1.807, 2.05) is 11.8 Å². The number of nitrogens with two attached hydrogens (primary N) is 1. The molecule has 0 amide bonds. The number of nitrogens with zero attached hydrogens (tertiary/aromatic N) is 1. The van der Waals surface area contributed by atoms with E-state index in [9.17, 15) is 0 Å².